The first-order valence-electron chi connectivity index (χ1n) is 13.2. The van der Waals surface area contributed by atoms with Crippen LogP contribution in [0.2, 0.25) is 0 Å². The van der Waals surface area contributed by atoms with E-state index in [0.29, 0.717) is 31.5 Å². The lowest BCUT2D eigenvalue weighted by Crippen LogP contribution is -2.04. The number of carbonyl (C=O) groups is 4. The van der Waals surface area contributed by atoms with E-state index < -0.39 is 11.6 Å². The van der Waals surface area contributed by atoms with Gasteiger partial charge in [-0.05, 0) is 44.6 Å². The lowest BCUT2D eigenvalue weighted by atomic mass is 10.0. The zero-order chi connectivity index (χ0) is 23.9. The van der Waals surface area contributed by atoms with Crippen LogP contribution in [0.15, 0.2) is 12.2 Å². The van der Waals surface area contributed by atoms with E-state index in [9.17, 15) is 19.2 Å². The number of hydrogen-bond acceptors (Lipinski definition) is 4. The third kappa shape index (κ3) is 21.6. The summed E-state index contributed by atoms with van der Waals surface area (Å²) in [5.74, 6) is -0.252. The Bertz CT molecular complexity index is 548. The molecule has 0 aliphatic heterocycles. The Kier molecular flexibility index (Phi) is 21.5. The van der Waals surface area contributed by atoms with Crippen LogP contribution in [0.25, 0.3) is 0 Å². The number of Topliss-reactive ketones (excluding diaryl/α,β-unsaturated/α-hetero) is 3. The van der Waals surface area contributed by atoms with E-state index in [1.165, 1.54) is 70.8 Å². The highest BCUT2D eigenvalue weighted by Crippen LogP contribution is 2.13. The summed E-state index contributed by atoms with van der Waals surface area (Å²) in [6.45, 7) is 3.51. The highest BCUT2D eigenvalue weighted by molar-refractivity contribution is 6.40. The molecule has 184 valence electrons. The van der Waals surface area contributed by atoms with Crippen molar-refractivity contribution in [3.8, 4) is 0 Å². The smallest absolute Gasteiger partial charge is 0.220 e. The van der Waals surface area contributed by atoms with Crippen LogP contribution in [-0.2, 0) is 19.2 Å². The Morgan fingerprint density at radius 2 is 0.906 bits per heavy atom. The maximum Gasteiger partial charge on any atom is 0.220 e. The summed E-state index contributed by atoms with van der Waals surface area (Å²) >= 11 is 0. The van der Waals surface area contributed by atoms with Gasteiger partial charge in [-0.1, -0.05) is 77.2 Å². The Morgan fingerprint density at radius 3 is 1.34 bits per heavy atom. The van der Waals surface area contributed by atoms with Crippen molar-refractivity contribution in [2.75, 3.05) is 0 Å². The van der Waals surface area contributed by atoms with Crippen molar-refractivity contribution >= 4 is 23.1 Å². The summed E-state index contributed by atoms with van der Waals surface area (Å²) in [5.41, 5.74) is 0. The molecular weight excluding hydrogens is 400 g/mol. The Balaban J connectivity index is 3.41. The van der Waals surface area contributed by atoms with Crippen molar-refractivity contribution in [2.24, 2.45) is 0 Å². The minimum Gasteiger partial charge on any atom is -0.300 e. The van der Waals surface area contributed by atoms with E-state index in [4.69, 9.17) is 0 Å². The van der Waals surface area contributed by atoms with Crippen LogP contribution < -0.4 is 0 Å². The average molecular weight is 449 g/mol. The summed E-state index contributed by atoms with van der Waals surface area (Å²) < 4.78 is 0. The minimum atomic E-state index is -0.469. The molecule has 0 amide bonds. The molecule has 0 radical (unpaired) electrons. The fourth-order valence-electron chi connectivity index (χ4n) is 3.77. The van der Waals surface area contributed by atoms with E-state index in [1.54, 1.807) is 6.08 Å². The fourth-order valence-corrected chi connectivity index (χ4v) is 3.77. The van der Waals surface area contributed by atoms with Crippen LogP contribution in [-0.4, -0.2) is 23.1 Å². The van der Waals surface area contributed by atoms with Gasteiger partial charge in [0.15, 0.2) is 5.78 Å². The fraction of sp³-hybridized carbons (Fsp3) is 0.786. The molecule has 4 heteroatoms. The molecule has 0 aromatic rings. The van der Waals surface area contributed by atoms with E-state index >= 15 is 0 Å². The first kappa shape index (κ1) is 30.4. The molecule has 0 bridgehead atoms. The second kappa shape index (κ2) is 22.6. The van der Waals surface area contributed by atoms with Gasteiger partial charge in [0, 0.05) is 32.6 Å². The monoisotopic (exact) mass is 448 g/mol. The van der Waals surface area contributed by atoms with Gasteiger partial charge in [-0.2, -0.15) is 0 Å². The molecule has 0 aliphatic rings. The molecule has 0 fully saturated rings. The largest absolute Gasteiger partial charge is 0.300 e. The highest BCUT2D eigenvalue weighted by atomic mass is 16.2. The summed E-state index contributed by atoms with van der Waals surface area (Å²) in [6.07, 6.45) is 23.6. The SMILES string of the molecule is CCCCCCCCCCCCC(=O)CCCCCC(=O)CCCCC=CC(=O)C(C)=O. The maximum atomic E-state index is 12.0. The van der Waals surface area contributed by atoms with Gasteiger partial charge < -0.3 is 0 Å². The first-order chi connectivity index (χ1) is 15.5. The Labute approximate surface area is 197 Å². The number of rotatable bonds is 24. The number of allylic oxidation sites excluding steroid dienone is 2. The molecule has 0 rings (SSSR count). The summed E-state index contributed by atoms with van der Waals surface area (Å²) in [5, 5.41) is 0. The van der Waals surface area contributed by atoms with Crippen LogP contribution in [0.3, 0.4) is 0 Å². The van der Waals surface area contributed by atoms with Gasteiger partial charge >= 0.3 is 0 Å². The number of ketones is 4. The summed E-state index contributed by atoms with van der Waals surface area (Å²) in [4.78, 5) is 45.8. The molecule has 0 unspecified atom stereocenters. The Hall–Kier alpha value is -1.58. The molecular formula is C28H48O4. The van der Waals surface area contributed by atoms with Gasteiger partial charge in [0.1, 0.15) is 11.6 Å². The van der Waals surface area contributed by atoms with Gasteiger partial charge in [-0.15, -0.1) is 0 Å². The maximum absolute atomic E-state index is 12.0. The molecule has 0 spiro atoms. The normalized spacial score (nSPS) is 11.2. The highest BCUT2D eigenvalue weighted by Gasteiger charge is 2.05. The van der Waals surface area contributed by atoms with E-state index in [0.717, 1.165) is 44.9 Å². The zero-order valence-corrected chi connectivity index (χ0v) is 20.9. The minimum absolute atomic E-state index is 0.283. The predicted octanol–water partition coefficient (Wildman–Crippen LogP) is 7.66. The van der Waals surface area contributed by atoms with Crippen LogP contribution >= 0.6 is 0 Å². The molecule has 0 N–H and O–H groups in total. The van der Waals surface area contributed by atoms with Crippen LogP contribution in [0, 0.1) is 0 Å². The molecule has 0 saturated carbocycles. The van der Waals surface area contributed by atoms with E-state index in [1.807, 2.05) is 0 Å². The lowest BCUT2D eigenvalue weighted by Gasteiger charge is -2.03. The van der Waals surface area contributed by atoms with Crippen molar-refractivity contribution in [3.63, 3.8) is 0 Å². The van der Waals surface area contributed by atoms with E-state index in [2.05, 4.69) is 6.92 Å². The van der Waals surface area contributed by atoms with Crippen molar-refractivity contribution in [1.82, 2.24) is 0 Å². The van der Waals surface area contributed by atoms with Gasteiger partial charge in [0.05, 0.1) is 0 Å². The second-order valence-corrected chi connectivity index (χ2v) is 9.14. The number of hydrogen-bond donors (Lipinski definition) is 0. The van der Waals surface area contributed by atoms with Crippen molar-refractivity contribution in [3.05, 3.63) is 12.2 Å². The summed E-state index contributed by atoms with van der Waals surface area (Å²) in [7, 11) is 0. The van der Waals surface area contributed by atoms with Gasteiger partial charge in [-0.3, -0.25) is 19.2 Å². The topological polar surface area (TPSA) is 68.3 Å². The van der Waals surface area contributed by atoms with Gasteiger partial charge in [0.25, 0.3) is 0 Å². The molecule has 0 aromatic heterocycles. The molecule has 0 aliphatic carbocycles. The molecule has 0 heterocycles. The van der Waals surface area contributed by atoms with E-state index in [-0.39, 0.29) is 5.78 Å². The predicted molar refractivity (Wildman–Crippen MR) is 133 cm³/mol. The quantitative estimate of drug-likeness (QED) is 0.0863. The molecule has 0 atom stereocenters. The second-order valence-electron chi connectivity index (χ2n) is 9.14. The molecule has 0 aromatic carbocycles. The van der Waals surface area contributed by atoms with Crippen LogP contribution in [0.1, 0.15) is 142 Å². The van der Waals surface area contributed by atoms with Gasteiger partial charge in [0.2, 0.25) is 5.78 Å². The first-order valence-corrected chi connectivity index (χ1v) is 13.2. The van der Waals surface area contributed by atoms with Crippen molar-refractivity contribution < 1.29 is 19.2 Å². The molecule has 32 heavy (non-hydrogen) atoms. The van der Waals surface area contributed by atoms with Gasteiger partial charge in [-0.25, -0.2) is 0 Å². The number of unbranched alkanes of at least 4 members (excludes halogenated alkanes) is 13. The van der Waals surface area contributed by atoms with Crippen LogP contribution in [0.4, 0.5) is 0 Å². The molecule has 0 saturated heterocycles. The average Bonchev–Trinajstić information content (AvgIpc) is 2.76. The third-order valence-electron chi connectivity index (χ3n) is 5.91. The van der Waals surface area contributed by atoms with Crippen LogP contribution in [0.5, 0.6) is 0 Å². The van der Waals surface area contributed by atoms with Crippen molar-refractivity contribution in [2.45, 2.75) is 142 Å². The summed E-state index contributed by atoms with van der Waals surface area (Å²) in [6, 6.07) is 0. The van der Waals surface area contributed by atoms with Crippen molar-refractivity contribution in [1.29, 1.82) is 0 Å². The zero-order valence-electron chi connectivity index (χ0n) is 20.9. The lowest BCUT2D eigenvalue weighted by molar-refractivity contribution is -0.132. The number of carbonyl (C=O) groups excluding carboxylic acids is 4. The molecule has 4 nitrogen and oxygen atoms in total. The standard InChI is InChI=1S/C28H48O4/c1-3-4-5-6-7-8-9-10-11-15-20-26(30)22-17-14-18-23-27(31)21-16-12-13-19-24-28(32)25(2)29/h19,24H,3-18,20-23H2,1-2H3. The third-order valence-corrected chi connectivity index (χ3v) is 5.91. The Morgan fingerprint density at radius 1 is 0.531 bits per heavy atom.